The molecule has 0 aliphatic carbocycles. The van der Waals surface area contributed by atoms with E-state index in [2.05, 4.69) is 0 Å². The van der Waals surface area contributed by atoms with Gasteiger partial charge in [0.2, 0.25) is 0 Å². The molecule has 0 aliphatic heterocycles. The molecule has 0 unspecified atom stereocenters. The fraction of sp³-hybridized carbons (Fsp3) is 0.125. The molecule has 19 heavy (non-hydrogen) atoms. The average molecular weight is 255 g/mol. The maximum atomic E-state index is 5.65. The van der Waals surface area contributed by atoms with Crippen LogP contribution in [0, 0.1) is 0 Å². The van der Waals surface area contributed by atoms with Crippen molar-refractivity contribution in [1.29, 1.82) is 0 Å². The van der Waals surface area contributed by atoms with E-state index in [9.17, 15) is 0 Å². The van der Waals surface area contributed by atoms with E-state index in [4.69, 9.17) is 15.2 Å². The van der Waals surface area contributed by atoms with Crippen molar-refractivity contribution in [2.75, 3.05) is 20.0 Å². The Kier molecular flexibility index (Phi) is 4.08. The number of anilines is 1. The second-order valence-electron chi connectivity index (χ2n) is 4.15. The molecule has 0 atom stereocenters. The summed E-state index contributed by atoms with van der Waals surface area (Å²) in [5.74, 6) is 1.55. The summed E-state index contributed by atoms with van der Waals surface area (Å²) >= 11 is 0. The Balaban J connectivity index is 2.24. The number of hydrogen-bond acceptors (Lipinski definition) is 3. The first-order valence-corrected chi connectivity index (χ1v) is 5.98. The highest BCUT2D eigenvalue weighted by Gasteiger charge is 1.99. The van der Waals surface area contributed by atoms with E-state index in [1.54, 1.807) is 14.2 Å². The Morgan fingerprint density at radius 3 is 1.84 bits per heavy atom. The number of nitrogen functional groups attached to an aromatic ring is 1. The Hall–Kier alpha value is -2.42. The van der Waals surface area contributed by atoms with Crippen molar-refractivity contribution < 1.29 is 9.47 Å². The van der Waals surface area contributed by atoms with Gasteiger partial charge in [-0.25, -0.2) is 0 Å². The lowest BCUT2D eigenvalue weighted by atomic mass is 10.1. The van der Waals surface area contributed by atoms with E-state index < -0.39 is 0 Å². The van der Waals surface area contributed by atoms with Gasteiger partial charge >= 0.3 is 0 Å². The van der Waals surface area contributed by atoms with Crippen molar-refractivity contribution in [3.63, 3.8) is 0 Å². The molecule has 2 N–H and O–H groups in total. The van der Waals surface area contributed by atoms with Gasteiger partial charge in [-0.2, -0.15) is 0 Å². The van der Waals surface area contributed by atoms with Crippen LogP contribution < -0.4 is 15.2 Å². The van der Waals surface area contributed by atoms with Crippen LogP contribution in [0.4, 0.5) is 5.69 Å². The van der Waals surface area contributed by atoms with Gasteiger partial charge in [0.25, 0.3) is 0 Å². The minimum Gasteiger partial charge on any atom is -0.497 e. The van der Waals surface area contributed by atoms with E-state index in [-0.39, 0.29) is 0 Å². The van der Waals surface area contributed by atoms with Crippen LogP contribution in [0.15, 0.2) is 42.5 Å². The predicted molar refractivity (Wildman–Crippen MR) is 79.3 cm³/mol. The van der Waals surface area contributed by atoms with Gasteiger partial charge in [-0.3, -0.25) is 0 Å². The first-order chi connectivity index (χ1) is 9.21. The highest BCUT2D eigenvalue weighted by molar-refractivity contribution is 5.71. The maximum Gasteiger partial charge on any atom is 0.123 e. The quantitative estimate of drug-likeness (QED) is 0.672. The van der Waals surface area contributed by atoms with Crippen LogP contribution in [0.1, 0.15) is 11.1 Å². The molecule has 3 heteroatoms. The fourth-order valence-corrected chi connectivity index (χ4v) is 1.73. The molecule has 0 amide bonds. The zero-order chi connectivity index (χ0) is 13.7. The van der Waals surface area contributed by atoms with Crippen molar-refractivity contribution in [2.45, 2.75) is 0 Å². The first-order valence-electron chi connectivity index (χ1n) is 5.98. The Labute approximate surface area is 113 Å². The summed E-state index contributed by atoms with van der Waals surface area (Å²) in [7, 11) is 3.28. The molecule has 0 fully saturated rings. The summed E-state index contributed by atoms with van der Waals surface area (Å²) in [5.41, 5.74) is 8.53. The van der Waals surface area contributed by atoms with Gasteiger partial charge in [0.15, 0.2) is 0 Å². The van der Waals surface area contributed by atoms with Crippen LogP contribution in [0.25, 0.3) is 12.2 Å². The van der Waals surface area contributed by atoms with Crippen LogP contribution in [0.3, 0.4) is 0 Å². The molecule has 2 aromatic rings. The highest BCUT2D eigenvalue weighted by atomic mass is 16.5. The zero-order valence-electron chi connectivity index (χ0n) is 11.1. The second-order valence-corrected chi connectivity index (χ2v) is 4.15. The molecule has 0 saturated carbocycles. The van der Waals surface area contributed by atoms with Crippen molar-refractivity contribution in [1.82, 2.24) is 0 Å². The minimum absolute atomic E-state index is 0.764. The van der Waals surface area contributed by atoms with E-state index in [1.807, 2.05) is 54.6 Å². The lowest BCUT2D eigenvalue weighted by Crippen LogP contribution is -1.88. The van der Waals surface area contributed by atoms with Crippen molar-refractivity contribution in [3.05, 3.63) is 53.6 Å². The molecule has 98 valence electrons. The normalized spacial score (nSPS) is 10.6. The second kappa shape index (κ2) is 5.96. The molecule has 2 rings (SSSR count). The van der Waals surface area contributed by atoms with Crippen LogP contribution in [-0.2, 0) is 0 Å². The van der Waals surface area contributed by atoms with Crippen LogP contribution >= 0.6 is 0 Å². The lowest BCUT2D eigenvalue weighted by molar-refractivity contribution is 0.394. The smallest absolute Gasteiger partial charge is 0.123 e. The van der Waals surface area contributed by atoms with E-state index in [1.165, 1.54) is 0 Å². The van der Waals surface area contributed by atoms with Gasteiger partial charge in [0.1, 0.15) is 11.5 Å². The third kappa shape index (κ3) is 3.52. The Morgan fingerprint density at radius 1 is 0.789 bits per heavy atom. The highest BCUT2D eigenvalue weighted by Crippen LogP contribution is 2.23. The molecule has 0 bridgehead atoms. The van der Waals surface area contributed by atoms with Gasteiger partial charge in [-0.15, -0.1) is 0 Å². The number of rotatable bonds is 4. The lowest BCUT2D eigenvalue weighted by Gasteiger charge is -2.05. The van der Waals surface area contributed by atoms with Gasteiger partial charge in [0.05, 0.1) is 14.2 Å². The largest absolute Gasteiger partial charge is 0.497 e. The summed E-state index contributed by atoms with van der Waals surface area (Å²) in [4.78, 5) is 0. The predicted octanol–water partition coefficient (Wildman–Crippen LogP) is 3.46. The number of benzene rings is 2. The number of nitrogens with two attached hydrogens (primary N) is 1. The van der Waals surface area contributed by atoms with Gasteiger partial charge < -0.3 is 15.2 Å². The van der Waals surface area contributed by atoms with Crippen LogP contribution in [0.2, 0.25) is 0 Å². The molecule has 2 aromatic carbocycles. The van der Waals surface area contributed by atoms with Crippen molar-refractivity contribution in [2.24, 2.45) is 0 Å². The molecule has 3 nitrogen and oxygen atoms in total. The van der Waals surface area contributed by atoms with Crippen LogP contribution in [0.5, 0.6) is 11.5 Å². The molecular weight excluding hydrogens is 238 g/mol. The van der Waals surface area contributed by atoms with E-state index in [0.717, 1.165) is 28.3 Å². The van der Waals surface area contributed by atoms with Crippen molar-refractivity contribution >= 4 is 17.8 Å². The standard InChI is InChI=1S/C16H17NO2/c1-18-15-9-13(10-16(11-15)19-2)4-3-12-5-7-14(17)8-6-12/h3-11H,17H2,1-2H3/b4-3+. The molecular formula is C16H17NO2. The summed E-state index contributed by atoms with van der Waals surface area (Å²) in [6.45, 7) is 0. The third-order valence-corrected chi connectivity index (χ3v) is 2.78. The third-order valence-electron chi connectivity index (χ3n) is 2.78. The Morgan fingerprint density at radius 2 is 1.32 bits per heavy atom. The average Bonchev–Trinajstić information content (AvgIpc) is 2.46. The Bertz CT molecular complexity index is 552. The summed E-state index contributed by atoms with van der Waals surface area (Å²) < 4.78 is 10.5. The zero-order valence-corrected chi connectivity index (χ0v) is 11.1. The van der Waals surface area contributed by atoms with Gasteiger partial charge in [-0.1, -0.05) is 24.3 Å². The summed E-state index contributed by atoms with van der Waals surface area (Å²) in [5, 5.41) is 0. The molecule has 0 saturated heterocycles. The van der Waals surface area contributed by atoms with Crippen LogP contribution in [-0.4, -0.2) is 14.2 Å². The van der Waals surface area contributed by atoms with Crippen molar-refractivity contribution in [3.8, 4) is 11.5 Å². The summed E-state index contributed by atoms with van der Waals surface area (Å²) in [6.07, 6.45) is 4.03. The van der Waals surface area contributed by atoms with E-state index in [0.29, 0.717) is 0 Å². The minimum atomic E-state index is 0.764. The fourth-order valence-electron chi connectivity index (χ4n) is 1.73. The number of methoxy groups -OCH3 is 2. The maximum absolute atomic E-state index is 5.65. The van der Waals surface area contributed by atoms with E-state index >= 15 is 0 Å². The summed E-state index contributed by atoms with van der Waals surface area (Å²) in [6, 6.07) is 13.5. The number of hydrogen-bond donors (Lipinski definition) is 1. The van der Waals surface area contributed by atoms with Gasteiger partial charge in [-0.05, 0) is 35.4 Å². The molecule has 0 radical (unpaired) electrons. The topological polar surface area (TPSA) is 44.5 Å². The SMILES string of the molecule is COc1cc(/C=C/c2ccc(N)cc2)cc(OC)c1. The van der Waals surface area contributed by atoms with Gasteiger partial charge in [0, 0.05) is 11.8 Å². The molecule has 0 spiro atoms. The monoisotopic (exact) mass is 255 g/mol. The molecule has 0 heterocycles. The molecule has 0 aromatic heterocycles. The molecule has 0 aliphatic rings. The first kappa shape index (κ1) is 13.0. The number of ether oxygens (including phenoxy) is 2.